The summed E-state index contributed by atoms with van der Waals surface area (Å²) in [5.41, 5.74) is 1.40. The smallest absolute Gasteiger partial charge is 0.338 e. The van der Waals surface area contributed by atoms with Gasteiger partial charge in [-0.25, -0.2) is 9.79 Å². The van der Waals surface area contributed by atoms with Crippen molar-refractivity contribution in [1.29, 1.82) is 0 Å². The molecule has 36 heavy (non-hydrogen) atoms. The van der Waals surface area contributed by atoms with E-state index in [1.165, 1.54) is 16.7 Å². The van der Waals surface area contributed by atoms with Gasteiger partial charge in [0.25, 0.3) is 11.2 Å². The van der Waals surface area contributed by atoms with Crippen LogP contribution in [0.5, 0.6) is 5.75 Å². The topological polar surface area (TPSA) is 113 Å². The van der Waals surface area contributed by atoms with Crippen LogP contribution in [0.4, 0.5) is 5.69 Å². The van der Waals surface area contributed by atoms with Gasteiger partial charge in [0.15, 0.2) is 4.80 Å². The highest BCUT2D eigenvalue weighted by molar-refractivity contribution is 7.07. The lowest BCUT2D eigenvalue weighted by Crippen LogP contribution is -2.40. The first-order valence-electron chi connectivity index (χ1n) is 11.4. The first-order valence-corrected chi connectivity index (χ1v) is 12.2. The van der Waals surface area contributed by atoms with Crippen molar-refractivity contribution in [2.45, 2.75) is 39.8 Å². The molecule has 1 atom stereocenters. The van der Waals surface area contributed by atoms with E-state index in [4.69, 9.17) is 9.47 Å². The number of fused-ring (bicyclic) bond motifs is 1. The zero-order valence-electron chi connectivity index (χ0n) is 20.3. The van der Waals surface area contributed by atoms with Crippen LogP contribution in [0.1, 0.15) is 44.9 Å². The summed E-state index contributed by atoms with van der Waals surface area (Å²) in [5.74, 6) is -0.0154. The Morgan fingerprint density at radius 3 is 2.69 bits per heavy atom. The number of carbonyl (C=O) groups excluding carboxylic acids is 1. The summed E-state index contributed by atoms with van der Waals surface area (Å²) >= 11 is 1.15. The van der Waals surface area contributed by atoms with Gasteiger partial charge in [-0.3, -0.25) is 19.5 Å². The number of thiazole rings is 1. The van der Waals surface area contributed by atoms with E-state index in [9.17, 15) is 19.7 Å². The van der Waals surface area contributed by atoms with Crippen LogP contribution in [0.3, 0.4) is 0 Å². The van der Waals surface area contributed by atoms with E-state index in [-0.39, 0.29) is 29.5 Å². The summed E-state index contributed by atoms with van der Waals surface area (Å²) in [7, 11) is 0. The number of para-hydroxylation sites is 1. The van der Waals surface area contributed by atoms with Crippen LogP contribution in [-0.2, 0) is 9.53 Å². The molecule has 0 N–H and O–H groups in total. The third-order valence-corrected chi connectivity index (χ3v) is 6.46. The number of hydrogen-bond acceptors (Lipinski definition) is 8. The molecule has 0 fully saturated rings. The lowest BCUT2D eigenvalue weighted by Gasteiger charge is -2.26. The average molecular weight is 508 g/mol. The molecule has 0 saturated heterocycles. The summed E-state index contributed by atoms with van der Waals surface area (Å²) in [6, 6.07) is 12.5. The SMILES string of the molecule is CCOC(=O)C1=C(C)N=c2s/c(=C/c3cccc([N+](=O)[O-])c3)c(=O)n2[C@H]1c1ccccc1OC(C)C. The lowest BCUT2D eigenvalue weighted by molar-refractivity contribution is -0.384. The molecule has 4 rings (SSSR count). The maximum atomic E-state index is 13.7. The molecule has 0 unspecified atom stereocenters. The number of allylic oxidation sites excluding steroid dienone is 1. The molecule has 2 aromatic carbocycles. The van der Waals surface area contributed by atoms with Gasteiger partial charge >= 0.3 is 5.97 Å². The molecule has 0 aliphatic carbocycles. The second-order valence-electron chi connectivity index (χ2n) is 8.36. The van der Waals surface area contributed by atoms with Gasteiger partial charge in [-0.05, 0) is 45.4 Å². The van der Waals surface area contributed by atoms with E-state index in [0.29, 0.717) is 31.9 Å². The Labute approximate surface area is 210 Å². The molecule has 1 aromatic heterocycles. The standard InChI is InChI=1S/C26H25N3O6S/c1-5-34-25(31)22-16(4)27-26-28(23(22)19-11-6-7-12-20(19)35-15(2)3)24(30)21(36-26)14-17-9-8-10-18(13-17)29(32)33/h6-15,23H,5H2,1-4H3/b21-14+/t23-/m0/s1. The number of carbonyl (C=O) groups is 1. The molecule has 9 nitrogen and oxygen atoms in total. The van der Waals surface area contributed by atoms with E-state index < -0.39 is 16.9 Å². The van der Waals surface area contributed by atoms with Gasteiger partial charge in [0, 0.05) is 17.7 Å². The fourth-order valence-corrected chi connectivity index (χ4v) is 5.08. The molecule has 0 amide bonds. The van der Waals surface area contributed by atoms with Gasteiger partial charge in [-0.15, -0.1) is 0 Å². The summed E-state index contributed by atoms with van der Waals surface area (Å²) in [4.78, 5) is 42.5. The van der Waals surface area contributed by atoms with Gasteiger partial charge in [0.1, 0.15) is 11.8 Å². The van der Waals surface area contributed by atoms with Crippen molar-refractivity contribution < 1.29 is 19.2 Å². The fourth-order valence-electron chi connectivity index (χ4n) is 4.03. The largest absolute Gasteiger partial charge is 0.491 e. The Balaban J connectivity index is 1.97. The van der Waals surface area contributed by atoms with Gasteiger partial charge in [-0.2, -0.15) is 0 Å². The molecular formula is C26H25N3O6S. The quantitative estimate of drug-likeness (QED) is 0.275. The summed E-state index contributed by atoms with van der Waals surface area (Å²) in [5, 5.41) is 11.2. The van der Waals surface area contributed by atoms with Crippen molar-refractivity contribution in [1.82, 2.24) is 4.57 Å². The summed E-state index contributed by atoms with van der Waals surface area (Å²) in [6.07, 6.45) is 1.46. The minimum absolute atomic E-state index is 0.0744. The first-order chi connectivity index (χ1) is 17.2. The Hall–Kier alpha value is -4.05. The Bertz CT molecular complexity index is 1550. The fraction of sp³-hybridized carbons (Fsp3) is 0.269. The number of benzene rings is 2. The van der Waals surface area contributed by atoms with Crippen LogP contribution >= 0.6 is 11.3 Å². The Morgan fingerprint density at radius 1 is 1.25 bits per heavy atom. The van der Waals surface area contributed by atoms with Gasteiger partial charge < -0.3 is 9.47 Å². The highest BCUT2D eigenvalue weighted by Gasteiger charge is 2.35. The Kier molecular flexibility index (Phi) is 7.16. The number of rotatable bonds is 7. The predicted octanol–water partition coefficient (Wildman–Crippen LogP) is 3.49. The minimum Gasteiger partial charge on any atom is -0.491 e. The van der Waals surface area contributed by atoms with Crippen molar-refractivity contribution in [2.24, 2.45) is 4.99 Å². The molecule has 0 spiro atoms. The van der Waals surface area contributed by atoms with Crippen LogP contribution in [0, 0.1) is 10.1 Å². The average Bonchev–Trinajstić information content (AvgIpc) is 3.13. The highest BCUT2D eigenvalue weighted by atomic mass is 32.1. The molecule has 10 heteroatoms. The number of non-ortho nitro benzene ring substituents is 1. The normalized spacial score (nSPS) is 15.5. The van der Waals surface area contributed by atoms with E-state index in [2.05, 4.69) is 4.99 Å². The third-order valence-electron chi connectivity index (χ3n) is 5.47. The third kappa shape index (κ3) is 4.85. The lowest BCUT2D eigenvalue weighted by atomic mass is 9.95. The van der Waals surface area contributed by atoms with Crippen LogP contribution < -0.4 is 19.6 Å². The molecular weight excluding hydrogens is 482 g/mol. The maximum Gasteiger partial charge on any atom is 0.338 e. The first kappa shape index (κ1) is 25.1. The molecule has 0 radical (unpaired) electrons. The molecule has 2 heterocycles. The van der Waals surface area contributed by atoms with Crippen LogP contribution in [0.15, 0.2) is 69.6 Å². The van der Waals surface area contributed by atoms with Gasteiger partial charge in [-0.1, -0.05) is 41.7 Å². The number of nitrogens with zero attached hydrogens (tertiary/aromatic N) is 3. The van der Waals surface area contributed by atoms with E-state index >= 15 is 0 Å². The zero-order valence-corrected chi connectivity index (χ0v) is 21.1. The molecule has 0 saturated carbocycles. The summed E-state index contributed by atoms with van der Waals surface area (Å²) < 4.78 is 13.2. The van der Waals surface area contributed by atoms with Gasteiger partial charge in [0.2, 0.25) is 0 Å². The van der Waals surface area contributed by atoms with Crippen molar-refractivity contribution in [3.63, 3.8) is 0 Å². The molecule has 186 valence electrons. The van der Waals surface area contributed by atoms with Gasteiger partial charge in [0.05, 0.1) is 33.4 Å². The number of hydrogen-bond donors (Lipinski definition) is 0. The number of nitro benzene ring substituents is 1. The predicted molar refractivity (Wildman–Crippen MR) is 136 cm³/mol. The van der Waals surface area contributed by atoms with Crippen molar-refractivity contribution >= 4 is 29.1 Å². The number of aromatic nitrogens is 1. The zero-order chi connectivity index (χ0) is 26.0. The monoisotopic (exact) mass is 507 g/mol. The summed E-state index contributed by atoms with van der Waals surface area (Å²) in [6.45, 7) is 7.39. The van der Waals surface area contributed by atoms with Crippen molar-refractivity contribution in [3.8, 4) is 5.75 Å². The number of esters is 1. The number of ether oxygens (including phenoxy) is 2. The van der Waals surface area contributed by atoms with Crippen LogP contribution in [0.2, 0.25) is 0 Å². The highest BCUT2D eigenvalue weighted by Crippen LogP contribution is 2.36. The van der Waals surface area contributed by atoms with E-state index in [1.807, 2.05) is 32.0 Å². The minimum atomic E-state index is -0.817. The molecule has 1 aliphatic rings. The second kappa shape index (κ2) is 10.3. The second-order valence-corrected chi connectivity index (χ2v) is 9.37. The molecule has 3 aromatic rings. The maximum absolute atomic E-state index is 13.7. The molecule has 0 bridgehead atoms. The Morgan fingerprint density at radius 2 is 2.00 bits per heavy atom. The van der Waals surface area contributed by atoms with Crippen LogP contribution in [0.25, 0.3) is 6.08 Å². The van der Waals surface area contributed by atoms with Crippen LogP contribution in [-0.4, -0.2) is 28.2 Å². The van der Waals surface area contributed by atoms with E-state index in [0.717, 1.165) is 11.3 Å². The van der Waals surface area contributed by atoms with Crippen molar-refractivity contribution in [2.75, 3.05) is 6.61 Å². The molecule has 1 aliphatic heterocycles. The van der Waals surface area contributed by atoms with Crippen molar-refractivity contribution in [3.05, 3.63) is 101 Å². The van der Waals surface area contributed by atoms with E-state index in [1.54, 1.807) is 38.1 Å². The number of nitro groups is 1.